The van der Waals surface area contributed by atoms with Gasteiger partial charge in [0.2, 0.25) is 5.95 Å². The Balaban J connectivity index is 1.88. The quantitative estimate of drug-likeness (QED) is 0.629. The number of aryl methyl sites for hydroxylation is 1. The molecule has 0 fully saturated rings. The van der Waals surface area contributed by atoms with E-state index in [1.807, 2.05) is 59.9 Å². The van der Waals surface area contributed by atoms with E-state index in [0.29, 0.717) is 5.95 Å². The maximum atomic E-state index is 5.19. The maximum Gasteiger partial charge on any atom is 0.215 e. The number of fused-ring (bicyclic) bond motifs is 3. The van der Waals surface area contributed by atoms with E-state index < -0.39 is 0 Å². The summed E-state index contributed by atoms with van der Waals surface area (Å²) in [6.45, 7) is 1.91. The van der Waals surface area contributed by atoms with Crippen molar-refractivity contribution < 1.29 is 4.74 Å². The van der Waals surface area contributed by atoms with Crippen LogP contribution in [0.15, 0.2) is 48.5 Å². The summed E-state index contributed by atoms with van der Waals surface area (Å²) < 4.78 is 7.11. The summed E-state index contributed by atoms with van der Waals surface area (Å²) in [5, 5.41) is 12.8. The summed E-state index contributed by atoms with van der Waals surface area (Å²) in [7, 11) is 1.65. The Morgan fingerprint density at radius 3 is 2.57 bits per heavy atom. The van der Waals surface area contributed by atoms with Crippen molar-refractivity contribution in [2.75, 3.05) is 12.4 Å². The number of rotatable bonds is 3. The van der Waals surface area contributed by atoms with E-state index in [1.165, 1.54) is 0 Å². The summed E-state index contributed by atoms with van der Waals surface area (Å²) in [4.78, 5) is 4.71. The molecule has 2 aromatic heterocycles. The van der Waals surface area contributed by atoms with Crippen molar-refractivity contribution in [1.82, 2.24) is 19.6 Å². The standard InChI is InChI=1S/C17H15N5O/c1-11-20-21-16-14-5-3-4-6-15(14)19-17(22(11)16)18-12-7-9-13(23-2)10-8-12/h3-10H,1-2H3,(H,18,19). The highest BCUT2D eigenvalue weighted by atomic mass is 16.5. The molecule has 23 heavy (non-hydrogen) atoms. The van der Waals surface area contributed by atoms with E-state index in [0.717, 1.165) is 33.8 Å². The molecule has 0 aliphatic heterocycles. The molecule has 0 saturated carbocycles. The van der Waals surface area contributed by atoms with E-state index in [4.69, 9.17) is 9.72 Å². The first-order valence-electron chi connectivity index (χ1n) is 7.28. The fourth-order valence-corrected chi connectivity index (χ4v) is 2.60. The average Bonchev–Trinajstić information content (AvgIpc) is 2.98. The molecular weight excluding hydrogens is 290 g/mol. The molecule has 0 radical (unpaired) electrons. The van der Waals surface area contributed by atoms with Crippen LogP contribution in [0.3, 0.4) is 0 Å². The Hall–Kier alpha value is -3.15. The van der Waals surface area contributed by atoms with Crippen LogP contribution < -0.4 is 10.1 Å². The predicted octanol–water partition coefficient (Wildman–Crippen LogP) is 3.34. The topological polar surface area (TPSA) is 64.3 Å². The fourth-order valence-electron chi connectivity index (χ4n) is 2.60. The summed E-state index contributed by atoms with van der Waals surface area (Å²) >= 11 is 0. The normalized spacial score (nSPS) is 11.0. The second kappa shape index (κ2) is 5.24. The number of hydrogen-bond acceptors (Lipinski definition) is 5. The van der Waals surface area contributed by atoms with Gasteiger partial charge in [-0.05, 0) is 43.3 Å². The van der Waals surface area contributed by atoms with Crippen LogP contribution in [0.4, 0.5) is 11.6 Å². The van der Waals surface area contributed by atoms with Gasteiger partial charge in [-0.3, -0.25) is 0 Å². The Morgan fingerprint density at radius 1 is 1.00 bits per heavy atom. The highest BCUT2D eigenvalue weighted by molar-refractivity contribution is 5.92. The highest BCUT2D eigenvalue weighted by Gasteiger charge is 2.12. The van der Waals surface area contributed by atoms with Gasteiger partial charge >= 0.3 is 0 Å². The van der Waals surface area contributed by atoms with Crippen LogP contribution in [0.1, 0.15) is 5.82 Å². The zero-order chi connectivity index (χ0) is 15.8. The Labute approximate surface area is 132 Å². The SMILES string of the molecule is COc1ccc(Nc2nc3ccccc3c3nnc(C)n23)cc1. The molecule has 0 saturated heterocycles. The molecule has 0 spiro atoms. The van der Waals surface area contributed by atoms with Gasteiger partial charge in [0.25, 0.3) is 0 Å². The molecule has 4 rings (SSSR count). The van der Waals surface area contributed by atoms with E-state index in [9.17, 15) is 0 Å². The van der Waals surface area contributed by atoms with Crippen LogP contribution in [0.5, 0.6) is 5.75 Å². The average molecular weight is 305 g/mol. The van der Waals surface area contributed by atoms with Crippen molar-refractivity contribution in [3.8, 4) is 5.75 Å². The maximum absolute atomic E-state index is 5.19. The molecule has 0 bridgehead atoms. The van der Waals surface area contributed by atoms with Crippen molar-refractivity contribution in [2.24, 2.45) is 0 Å². The molecule has 0 unspecified atom stereocenters. The number of para-hydroxylation sites is 1. The first-order valence-corrected chi connectivity index (χ1v) is 7.28. The van der Waals surface area contributed by atoms with Crippen LogP contribution in [0.25, 0.3) is 16.6 Å². The lowest BCUT2D eigenvalue weighted by Crippen LogP contribution is -2.03. The van der Waals surface area contributed by atoms with Crippen molar-refractivity contribution >= 4 is 28.2 Å². The van der Waals surface area contributed by atoms with Gasteiger partial charge in [0.1, 0.15) is 11.6 Å². The number of hydrogen-bond donors (Lipinski definition) is 1. The van der Waals surface area contributed by atoms with Gasteiger partial charge in [-0.15, -0.1) is 10.2 Å². The monoisotopic (exact) mass is 305 g/mol. The summed E-state index contributed by atoms with van der Waals surface area (Å²) in [6, 6.07) is 15.6. The van der Waals surface area contributed by atoms with Crippen LogP contribution in [-0.4, -0.2) is 26.7 Å². The minimum atomic E-state index is 0.686. The lowest BCUT2D eigenvalue weighted by atomic mass is 10.2. The number of aromatic nitrogens is 4. The molecule has 6 heteroatoms. The number of nitrogens with zero attached hydrogens (tertiary/aromatic N) is 4. The minimum Gasteiger partial charge on any atom is -0.497 e. The molecule has 0 amide bonds. The third kappa shape index (κ3) is 2.24. The summed E-state index contributed by atoms with van der Waals surface area (Å²) in [6.07, 6.45) is 0. The third-order valence-corrected chi connectivity index (χ3v) is 3.75. The van der Waals surface area contributed by atoms with Crippen molar-refractivity contribution in [3.05, 3.63) is 54.4 Å². The Kier molecular flexibility index (Phi) is 3.08. The first kappa shape index (κ1) is 13.5. The largest absolute Gasteiger partial charge is 0.497 e. The summed E-state index contributed by atoms with van der Waals surface area (Å²) in [5.74, 6) is 2.29. The number of ether oxygens (including phenoxy) is 1. The van der Waals surface area contributed by atoms with Crippen molar-refractivity contribution in [3.63, 3.8) is 0 Å². The van der Waals surface area contributed by atoms with Crippen LogP contribution in [0, 0.1) is 6.92 Å². The van der Waals surface area contributed by atoms with E-state index >= 15 is 0 Å². The third-order valence-electron chi connectivity index (χ3n) is 3.75. The molecule has 0 aliphatic carbocycles. The minimum absolute atomic E-state index is 0.686. The second-order valence-corrected chi connectivity index (χ2v) is 5.21. The van der Waals surface area contributed by atoms with Gasteiger partial charge in [0, 0.05) is 11.1 Å². The lowest BCUT2D eigenvalue weighted by Gasteiger charge is -2.11. The molecule has 0 aliphatic rings. The fraction of sp³-hybridized carbons (Fsp3) is 0.118. The zero-order valence-electron chi connectivity index (χ0n) is 12.8. The van der Waals surface area contributed by atoms with Crippen LogP contribution in [0.2, 0.25) is 0 Å². The summed E-state index contributed by atoms with van der Waals surface area (Å²) in [5.41, 5.74) is 2.59. The van der Waals surface area contributed by atoms with Crippen molar-refractivity contribution in [2.45, 2.75) is 6.92 Å². The highest BCUT2D eigenvalue weighted by Crippen LogP contribution is 2.24. The smallest absolute Gasteiger partial charge is 0.215 e. The van der Waals surface area contributed by atoms with Gasteiger partial charge in [0.05, 0.1) is 12.6 Å². The molecular formula is C17H15N5O. The van der Waals surface area contributed by atoms with Gasteiger partial charge in [0.15, 0.2) is 5.65 Å². The van der Waals surface area contributed by atoms with Crippen LogP contribution >= 0.6 is 0 Å². The number of anilines is 2. The van der Waals surface area contributed by atoms with E-state index in [-0.39, 0.29) is 0 Å². The lowest BCUT2D eigenvalue weighted by molar-refractivity contribution is 0.415. The molecule has 0 atom stereocenters. The number of methoxy groups -OCH3 is 1. The van der Waals surface area contributed by atoms with E-state index in [2.05, 4.69) is 15.5 Å². The molecule has 114 valence electrons. The van der Waals surface area contributed by atoms with Gasteiger partial charge in [-0.25, -0.2) is 9.38 Å². The molecule has 6 nitrogen and oxygen atoms in total. The molecule has 2 heterocycles. The van der Waals surface area contributed by atoms with Crippen molar-refractivity contribution in [1.29, 1.82) is 0 Å². The molecule has 2 aromatic carbocycles. The van der Waals surface area contributed by atoms with Gasteiger partial charge in [-0.1, -0.05) is 12.1 Å². The second-order valence-electron chi connectivity index (χ2n) is 5.21. The first-order chi connectivity index (χ1) is 11.3. The van der Waals surface area contributed by atoms with E-state index in [1.54, 1.807) is 7.11 Å². The molecule has 4 aromatic rings. The van der Waals surface area contributed by atoms with Gasteiger partial charge in [-0.2, -0.15) is 0 Å². The molecule has 1 N–H and O–H groups in total. The van der Waals surface area contributed by atoms with Gasteiger partial charge < -0.3 is 10.1 Å². The predicted molar refractivity (Wildman–Crippen MR) is 89.3 cm³/mol. The van der Waals surface area contributed by atoms with Crippen LogP contribution in [-0.2, 0) is 0 Å². The number of nitrogens with one attached hydrogen (secondary N) is 1. The Bertz CT molecular complexity index is 991. The number of benzene rings is 2. The zero-order valence-corrected chi connectivity index (χ0v) is 12.8. The Morgan fingerprint density at radius 2 is 1.78 bits per heavy atom.